The van der Waals surface area contributed by atoms with Crippen molar-refractivity contribution in [2.45, 2.75) is 27.7 Å². The number of hydrogen-bond acceptors (Lipinski definition) is 6. The van der Waals surface area contributed by atoms with Gasteiger partial charge in [-0.05, 0) is 75.2 Å². The summed E-state index contributed by atoms with van der Waals surface area (Å²) in [7, 11) is 0. The van der Waals surface area contributed by atoms with Gasteiger partial charge in [-0.2, -0.15) is 10.1 Å². The third kappa shape index (κ3) is 4.94. The molecule has 3 rings (SSSR count). The van der Waals surface area contributed by atoms with E-state index in [1.807, 2.05) is 12.1 Å². The predicted octanol–water partition coefficient (Wildman–Crippen LogP) is 4.82. The fourth-order valence-electron chi connectivity index (χ4n) is 3.08. The Balaban J connectivity index is 1.72. The monoisotopic (exact) mass is 362 g/mol. The Morgan fingerprint density at radius 3 is 2.15 bits per heavy atom. The van der Waals surface area contributed by atoms with Crippen molar-refractivity contribution >= 4 is 28.8 Å². The third-order valence-corrected chi connectivity index (χ3v) is 4.30. The molecular formula is C21H26N6. The van der Waals surface area contributed by atoms with E-state index in [0.717, 1.165) is 24.5 Å². The van der Waals surface area contributed by atoms with Gasteiger partial charge in [-0.15, -0.1) is 5.10 Å². The molecule has 0 unspecified atom stereocenters. The lowest BCUT2D eigenvalue weighted by Gasteiger charge is -2.21. The van der Waals surface area contributed by atoms with Crippen LogP contribution in [0.25, 0.3) is 0 Å². The summed E-state index contributed by atoms with van der Waals surface area (Å²) in [5.41, 5.74) is 5.52. The maximum absolute atomic E-state index is 4.51. The number of rotatable bonds is 7. The van der Waals surface area contributed by atoms with Crippen LogP contribution in [0.15, 0.2) is 48.7 Å². The number of hydrogen-bond donors (Lipinski definition) is 2. The van der Waals surface area contributed by atoms with E-state index in [2.05, 4.69) is 88.7 Å². The molecule has 1 heterocycles. The van der Waals surface area contributed by atoms with Gasteiger partial charge in [-0.1, -0.05) is 6.07 Å². The van der Waals surface area contributed by atoms with Crippen molar-refractivity contribution in [1.29, 1.82) is 0 Å². The SMILES string of the molecule is CCN(CC)c1ccc(Nc2nncc(Nc3cc(C)cc(C)c3)n2)cc1. The number of anilines is 5. The molecule has 2 N–H and O–H groups in total. The van der Waals surface area contributed by atoms with Crippen molar-refractivity contribution in [2.75, 3.05) is 28.6 Å². The van der Waals surface area contributed by atoms with Crippen molar-refractivity contribution in [3.05, 3.63) is 59.8 Å². The van der Waals surface area contributed by atoms with Crippen LogP contribution in [-0.4, -0.2) is 28.3 Å². The summed E-state index contributed by atoms with van der Waals surface area (Å²) in [6, 6.07) is 14.5. The molecule has 0 saturated carbocycles. The Labute approximate surface area is 160 Å². The zero-order chi connectivity index (χ0) is 19.2. The fraction of sp³-hybridized carbons (Fsp3) is 0.286. The van der Waals surface area contributed by atoms with Crippen LogP contribution in [0.5, 0.6) is 0 Å². The zero-order valence-electron chi connectivity index (χ0n) is 16.3. The van der Waals surface area contributed by atoms with Crippen LogP contribution in [0.3, 0.4) is 0 Å². The summed E-state index contributed by atoms with van der Waals surface area (Å²) in [4.78, 5) is 6.81. The molecule has 6 nitrogen and oxygen atoms in total. The minimum absolute atomic E-state index is 0.458. The lowest BCUT2D eigenvalue weighted by molar-refractivity contribution is 0.866. The first kappa shape index (κ1) is 18.6. The number of nitrogens with one attached hydrogen (secondary N) is 2. The first-order valence-electron chi connectivity index (χ1n) is 9.24. The van der Waals surface area contributed by atoms with Gasteiger partial charge < -0.3 is 15.5 Å². The van der Waals surface area contributed by atoms with E-state index in [1.165, 1.54) is 16.8 Å². The first-order chi connectivity index (χ1) is 13.1. The molecular weight excluding hydrogens is 336 g/mol. The molecule has 0 bridgehead atoms. The van der Waals surface area contributed by atoms with Crippen LogP contribution in [-0.2, 0) is 0 Å². The zero-order valence-corrected chi connectivity index (χ0v) is 16.3. The van der Waals surface area contributed by atoms with Crippen LogP contribution < -0.4 is 15.5 Å². The molecule has 3 aromatic rings. The number of aromatic nitrogens is 3. The summed E-state index contributed by atoms with van der Waals surface area (Å²) in [6.07, 6.45) is 1.62. The molecule has 0 atom stereocenters. The normalized spacial score (nSPS) is 10.5. The van der Waals surface area contributed by atoms with Crippen molar-refractivity contribution in [3.8, 4) is 0 Å². The van der Waals surface area contributed by atoms with Crippen LogP contribution in [0.1, 0.15) is 25.0 Å². The second kappa shape index (κ2) is 8.49. The highest BCUT2D eigenvalue weighted by Crippen LogP contribution is 2.21. The average Bonchev–Trinajstić information content (AvgIpc) is 2.63. The molecule has 2 aromatic carbocycles. The van der Waals surface area contributed by atoms with Gasteiger partial charge in [-0.3, -0.25) is 0 Å². The van der Waals surface area contributed by atoms with E-state index in [9.17, 15) is 0 Å². The number of aryl methyl sites for hydroxylation is 2. The highest BCUT2D eigenvalue weighted by molar-refractivity contribution is 5.62. The Morgan fingerprint density at radius 1 is 0.852 bits per heavy atom. The number of nitrogens with zero attached hydrogens (tertiary/aromatic N) is 4. The molecule has 0 amide bonds. The molecule has 0 fully saturated rings. The minimum atomic E-state index is 0.458. The molecule has 0 radical (unpaired) electrons. The van der Waals surface area contributed by atoms with Crippen LogP contribution >= 0.6 is 0 Å². The summed E-state index contributed by atoms with van der Waals surface area (Å²) in [5, 5.41) is 14.6. The Bertz CT molecular complexity index is 867. The van der Waals surface area contributed by atoms with E-state index in [-0.39, 0.29) is 0 Å². The lowest BCUT2D eigenvalue weighted by atomic mass is 10.1. The number of benzene rings is 2. The van der Waals surface area contributed by atoms with Crippen molar-refractivity contribution < 1.29 is 0 Å². The fourth-order valence-corrected chi connectivity index (χ4v) is 3.08. The largest absolute Gasteiger partial charge is 0.372 e. The first-order valence-corrected chi connectivity index (χ1v) is 9.24. The van der Waals surface area contributed by atoms with Gasteiger partial charge in [0.2, 0.25) is 5.95 Å². The van der Waals surface area contributed by atoms with Crippen LogP contribution in [0.4, 0.5) is 28.8 Å². The summed E-state index contributed by atoms with van der Waals surface area (Å²) >= 11 is 0. The second-order valence-corrected chi connectivity index (χ2v) is 6.51. The second-order valence-electron chi connectivity index (χ2n) is 6.51. The van der Waals surface area contributed by atoms with E-state index in [0.29, 0.717) is 11.8 Å². The van der Waals surface area contributed by atoms with Gasteiger partial charge >= 0.3 is 0 Å². The molecule has 27 heavy (non-hydrogen) atoms. The van der Waals surface area contributed by atoms with Crippen molar-refractivity contribution in [1.82, 2.24) is 15.2 Å². The Kier molecular flexibility index (Phi) is 5.86. The van der Waals surface area contributed by atoms with E-state index < -0.39 is 0 Å². The van der Waals surface area contributed by atoms with Gasteiger partial charge in [0.25, 0.3) is 0 Å². The third-order valence-electron chi connectivity index (χ3n) is 4.30. The maximum atomic E-state index is 4.51. The molecule has 0 aliphatic carbocycles. The van der Waals surface area contributed by atoms with Crippen molar-refractivity contribution in [3.63, 3.8) is 0 Å². The Hall–Kier alpha value is -3.15. The lowest BCUT2D eigenvalue weighted by Crippen LogP contribution is -2.21. The molecule has 0 saturated heterocycles. The molecule has 0 spiro atoms. The standard InChI is InChI=1S/C21H26N6/c1-5-27(6-2)19-9-7-17(8-10-19)24-21-25-20(14-22-26-21)23-18-12-15(3)11-16(4)13-18/h7-14H,5-6H2,1-4H3,(H2,23,24,25,26). The highest BCUT2D eigenvalue weighted by atomic mass is 15.3. The quantitative estimate of drug-likeness (QED) is 0.628. The van der Waals surface area contributed by atoms with E-state index in [1.54, 1.807) is 6.20 Å². The molecule has 0 aliphatic heterocycles. The van der Waals surface area contributed by atoms with Crippen LogP contribution in [0.2, 0.25) is 0 Å². The summed E-state index contributed by atoms with van der Waals surface area (Å²) in [5.74, 6) is 1.11. The average molecular weight is 362 g/mol. The van der Waals surface area contributed by atoms with Crippen LogP contribution in [0, 0.1) is 13.8 Å². The molecule has 1 aromatic heterocycles. The molecule has 6 heteroatoms. The van der Waals surface area contributed by atoms with Gasteiger partial charge in [0, 0.05) is 30.2 Å². The van der Waals surface area contributed by atoms with E-state index in [4.69, 9.17) is 0 Å². The van der Waals surface area contributed by atoms with Gasteiger partial charge in [-0.25, -0.2) is 0 Å². The molecule has 0 aliphatic rings. The predicted molar refractivity (Wildman–Crippen MR) is 112 cm³/mol. The smallest absolute Gasteiger partial charge is 0.249 e. The summed E-state index contributed by atoms with van der Waals surface area (Å²) in [6.45, 7) is 10.4. The summed E-state index contributed by atoms with van der Waals surface area (Å²) < 4.78 is 0. The van der Waals surface area contributed by atoms with Gasteiger partial charge in [0.1, 0.15) is 0 Å². The van der Waals surface area contributed by atoms with Gasteiger partial charge in [0.05, 0.1) is 6.20 Å². The minimum Gasteiger partial charge on any atom is -0.372 e. The highest BCUT2D eigenvalue weighted by Gasteiger charge is 2.05. The maximum Gasteiger partial charge on any atom is 0.249 e. The topological polar surface area (TPSA) is 66.0 Å². The van der Waals surface area contributed by atoms with E-state index >= 15 is 0 Å². The van der Waals surface area contributed by atoms with Gasteiger partial charge in [0.15, 0.2) is 5.82 Å². The Morgan fingerprint density at radius 2 is 1.52 bits per heavy atom. The molecule has 140 valence electrons. The van der Waals surface area contributed by atoms with Crippen molar-refractivity contribution in [2.24, 2.45) is 0 Å².